The average molecular weight is 370 g/mol. The summed E-state index contributed by atoms with van der Waals surface area (Å²) in [6.45, 7) is 6.64. The molecule has 6 heteroatoms. The standard InChI is InChI=1S/C19H19N3OS2/c1-3-23-18(20)12-24-17-11-16(22-25-19-9-6-10-21-19)15-8-5-4-7-14(15)13(17)2/h4-11,20-21H,2-3,12H2,1H3/b20-18?,22-16+. The Morgan fingerprint density at radius 3 is 2.76 bits per heavy atom. The van der Waals surface area contributed by atoms with Crippen LogP contribution in [0.4, 0.5) is 0 Å². The van der Waals surface area contributed by atoms with Crippen molar-refractivity contribution >= 4 is 40.9 Å². The number of ether oxygens (including phenoxy) is 1. The third kappa shape index (κ3) is 4.27. The molecule has 4 nitrogen and oxygen atoms in total. The molecule has 0 spiro atoms. The zero-order valence-electron chi connectivity index (χ0n) is 13.9. The largest absolute Gasteiger partial charge is 0.481 e. The van der Waals surface area contributed by atoms with Gasteiger partial charge in [-0.25, -0.2) is 4.40 Å². The maximum absolute atomic E-state index is 7.81. The monoisotopic (exact) mass is 369 g/mol. The van der Waals surface area contributed by atoms with Crippen LogP contribution in [0.15, 0.2) is 69.6 Å². The number of nitrogens with zero attached hydrogens (tertiary/aromatic N) is 1. The molecular formula is C19H19N3OS2. The molecule has 0 bridgehead atoms. The summed E-state index contributed by atoms with van der Waals surface area (Å²) in [6.07, 6.45) is 3.93. The second kappa shape index (κ2) is 8.27. The van der Waals surface area contributed by atoms with Gasteiger partial charge in [-0.05, 0) is 36.3 Å². The van der Waals surface area contributed by atoms with Crippen LogP contribution in [0.2, 0.25) is 0 Å². The van der Waals surface area contributed by atoms with E-state index in [1.165, 1.54) is 11.9 Å². The zero-order valence-corrected chi connectivity index (χ0v) is 15.5. The van der Waals surface area contributed by atoms with E-state index in [0.29, 0.717) is 12.4 Å². The quantitative estimate of drug-likeness (QED) is 0.419. The Balaban J connectivity index is 1.86. The van der Waals surface area contributed by atoms with Gasteiger partial charge in [-0.15, -0.1) is 11.8 Å². The molecule has 0 radical (unpaired) electrons. The number of rotatable bonds is 6. The molecule has 1 aliphatic carbocycles. The molecule has 2 aromatic rings. The first kappa shape index (κ1) is 17.6. The highest BCUT2D eigenvalue weighted by atomic mass is 32.2. The van der Waals surface area contributed by atoms with Crippen LogP contribution >= 0.6 is 23.7 Å². The normalized spacial score (nSPS) is 15.0. The van der Waals surface area contributed by atoms with Crippen molar-refractivity contribution in [3.8, 4) is 0 Å². The molecule has 128 valence electrons. The van der Waals surface area contributed by atoms with Crippen LogP contribution in [0.25, 0.3) is 5.57 Å². The van der Waals surface area contributed by atoms with Crippen molar-refractivity contribution in [2.45, 2.75) is 11.9 Å². The number of fused-ring (bicyclic) bond motifs is 1. The summed E-state index contributed by atoms with van der Waals surface area (Å²) < 4.78 is 9.93. The highest BCUT2D eigenvalue weighted by Gasteiger charge is 2.20. The lowest BCUT2D eigenvalue weighted by Gasteiger charge is -2.20. The number of nitrogens with one attached hydrogen (secondary N) is 2. The number of hydrogen-bond acceptors (Lipinski definition) is 5. The van der Waals surface area contributed by atoms with Crippen LogP contribution in [0.1, 0.15) is 18.1 Å². The summed E-state index contributed by atoms with van der Waals surface area (Å²) in [4.78, 5) is 4.16. The van der Waals surface area contributed by atoms with Crippen molar-refractivity contribution in [1.29, 1.82) is 5.41 Å². The fraction of sp³-hybridized carbons (Fsp3) is 0.158. The van der Waals surface area contributed by atoms with Gasteiger partial charge in [0.15, 0.2) is 5.90 Å². The Morgan fingerprint density at radius 2 is 2.04 bits per heavy atom. The first-order valence-corrected chi connectivity index (χ1v) is 9.67. The van der Waals surface area contributed by atoms with Gasteiger partial charge < -0.3 is 9.72 Å². The summed E-state index contributed by atoms with van der Waals surface area (Å²) in [5.41, 5.74) is 4.04. The van der Waals surface area contributed by atoms with Crippen LogP contribution in [-0.2, 0) is 4.74 Å². The minimum atomic E-state index is 0.277. The highest BCUT2D eigenvalue weighted by molar-refractivity contribution is 8.04. The SMILES string of the molecule is C=C1C(SCC(=N)OCC)=C/C(=N\Sc2ccc[nH]2)c2ccccc21. The summed E-state index contributed by atoms with van der Waals surface area (Å²) in [6, 6.07) is 12.1. The van der Waals surface area contributed by atoms with E-state index in [9.17, 15) is 0 Å². The summed E-state index contributed by atoms with van der Waals surface area (Å²) >= 11 is 2.97. The Hall–Kier alpha value is -2.18. The van der Waals surface area contributed by atoms with E-state index in [0.717, 1.165) is 32.3 Å². The number of allylic oxidation sites excluding steroid dienone is 2. The number of hydrogen-bond donors (Lipinski definition) is 2. The van der Waals surface area contributed by atoms with Crippen molar-refractivity contribution in [1.82, 2.24) is 4.98 Å². The van der Waals surface area contributed by atoms with E-state index in [-0.39, 0.29) is 5.90 Å². The Labute approximate surface area is 156 Å². The zero-order chi connectivity index (χ0) is 17.6. The minimum absolute atomic E-state index is 0.277. The van der Waals surface area contributed by atoms with Crippen molar-refractivity contribution in [2.75, 3.05) is 12.4 Å². The fourth-order valence-electron chi connectivity index (χ4n) is 2.42. The lowest BCUT2D eigenvalue weighted by molar-refractivity contribution is 0.322. The number of thioether (sulfide) groups is 1. The van der Waals surface area contributed by atoms with Crippen LogP contribution in [0.5, 0.6) is 0 Å². The third-order valence-corrected chi connectivity index (χ3v) is 5.40. The molecule has 1 aromatic carbocycles. The van der Waals surface area contributed by atoms with E-state index in [2.05, 4.69) is 23.7 Å². The van der Waals surface area contributed by atoms with Crippen molar-refractivity contribution in [3.05, 3.63) is 71.3 Å². The van der Waals surface area contributed by atoms with Crippen LogP contribution in [0, 0.1) is 5.41 Å². The lowest BCUT2D eigenvalue weighted by atomic mass is 9.92. The minimum Gasteiger partial charge on any atom is -0.481 e. The molecule has 0 fully saturated rings. The van der Waals surface area contributed by atoms with Crippen LogP contribution < -0.4 is 0 Å². The maximum atomic E-state index is 7.81. The Morgan fingerprint density at radius 1 is 1.24 bits per heavy atom. The molecule has 3 rings (SSSR count). The molecule has 2 N–H and O–H groups in total. The topological polar surface area (TPSA) is 61.2 Å². The van der Waals surface area contributed by atoms with Gasteiger partial charge in [-0.2, -0.15) is 0 Å². The second-order valence-corrected chi connectivity index (χ2v) is 7.10. The van der Waals surface area contributed by atoms with Gasteiger partial charge in [0, 0.05) is 28.6 Å². The Kier molecular flexibility index (Phi) is 5.83. The molecule has 0 atom stereocenters. The summed E-state index contributed by atoms with van der Waals surface area (Å²) in [5, 5.41) is 8.80. The maximum Gasteiger partial charge on any atom is 0.190 e. The predicted octanol–water partition coefficient (Wildman–Crippen LogP) is 5.17. The molecule has 0 saturated carbocycles. The van der Waals surface area contributed by atoms with Gasteiger partial charge in [0.05, 0.1) is 23.1 Å². The molecule has 0 aliphatic heterocycles. The number of benzene rings is 1. The fourth-order valence-corrected chi connectivity index (χ4v) is 3.88. The predicted molar refractivity (Wildman–Crippen MR) is 109 cm³/mol. The van der Waals surface area contributed by atoms with Crippen LogP contribution in [-0.4, -0.2) is 29.0 Å². The van der Waals surface area contributed by atoms with Crippen molar-refractivity contribution in [2.24, 2.45) is 4.40 Å². The number of aromatic amines is 1. The second-order valence-electron chi connectivity index (χ2n) is 5.28. The molecule has 0 unspecified atom stereocenters. The molecule has 0 saturated heterocycles. The van der Waals surface area contributed by atoms with E-state index in [1.807, 2.05) is 43.5 Å². The molecule has 1 heterocycles. The summed E-state index contributed by atoms with van der Waals surface area (Å²) in [5.74, 6) is 0.761. The first-order chi connectivity index (χ1) is 12.2. The van der Waals surface area contributed by atoms with Gasteiger partial charge in [0.1, 0.15) is 0 Å². The molecule has 1 aliphatic rings. The van der Waals surface area contributed by atoms with E-state index >= 15 is 0 Å². The van der Waals surface area contributed by atoms with Gasteiger partial charge in [0.2, 0.25) is 0 Å². The highest BCUT2D eigenvalue weighted by Crippen LogP contribution is 2.37. The van der Waals surface area contributed by atoms with Gasteiger partial charge in [-0.3, -0.25) is 5.41 Å². The smallest absolute Gasteiger partial charge is 0.190 e. The van der Waals surface area contributed by atoms with Crippen molar-refractivity contribution < 1.29 is 4.74 Å². The molecule has 25 heavy (non-hydrogen) atoms. The molecule has 0 amide bonds. The third-order valence-electron chi connectivity index (χ3n) is 3.58. The molecular weight excluding hydrogens is 350 g/mol. The van der Waals surface area contributed by atoms with Gasteiger partial charge in [-0.1, -0.05) is 30.8 Å². The Bertz CT molecular complexity index is 838. The van der Waals surface area contributed by atoms with E-state index in [1.54, 1.807) is 11.8 Å². The van der Waals surface area contributed by atoms with E-state index in [4.69, 9.17) is 14.5 Å². The van der Waals surface area contributed by atoms with Gasteiger partial charge in [0.25, 0.3) is 0 Å². The number of H-pyrrole nitrogens is 1. The van der Waals surface area contributed by atoms with Crippen LogP contribution in [0.3, 0.4) is 0 Å². The molecule has 1 aromatic heterocycles. The average Bonchev–Trinajstić information content (AvgIpc) is 3.14. The first-order valence-electron chi connectivity index (χ1n) is 7.91. The van der Waals surface area contributed by atoms with Crippen molar-refractivity contribution in [3.63, 3.8) is 0 Å². The number of aromatic nitrogens is 1. The van der Waals surface area contributed by atoms with E-state index < -0.39 is 0 Å². The summed E-state index contributed by atoms with van der Waals surface area (Å²) in [7, 11) is 0. The van der Waals surface area contributed by atoms with Gasteiger partial charge >= 0.3 is 0 Å². The lowest BCUT2D eigenvalue weighted by Crippen LogP contribution is -2.10.